The van der Waals surface area contributed by atoms with E-state index in [9.17, 15) is 18.0 Å². The number of ketones is 1. The van der Waals surface area contributed by atoms with Crippen LogP contribution in [0, 0.1) is 0 Å². The molecule has 0 atom stereocenters. The van der Waals surface area contributed by atoms with Gasteiger partial charge < -0.3 is 0 Å². The molecule has 15 heavy (non-hydrogen) atoms. The average Bonchev–Trinajstić information content (AvgIpc) is 2.17. The van der Waals surface area contributed by atoms with Crippen molar-refractivity contribution in [2.24, 2.45) is 0 Å². The summed E-state index contributed by atoms with van der Waals surface area (Å²) in [5, 5.41) is 0. The molecule has 0 aliphatic carbocycles. The second-order valence-corrected chi connectivity index (χ2v) is 4.06. The number of benzene rings is 1. The molecule has 0 saturated heterocycles. The van der Waals surface area contributed by atoms with Crippen molar-refractivity contribution >= 4 is 17.5 Å². The Bertz CT molecular complexity index is 360. The van der Waals surface area contributed by atoms with Gasteiger partial charge in [-0.25, -0.2) is 0 Å². The number of Topliss-reactive ketones (excluding diaryl/α,β-unsaturated/α-hetero) is 1. The molecule has 0 aromatic heterocycles. The fourth-order valence-electron chi connectivity index (χ4n) is 1.09. The van der Waals surface area contributed by atoms with Crippen molar-refractivity contribution in [1.82, 2.24) is 0 Å². The third-order valence-corrected chi connectivity index (χ3v) is 2.64. The van der Waals surface area contributed by atoms with Gasteiger partial charge in [0.15, 0.2) is 0 Å². The molecule has 1 aromatic carbocycles. The largest absolute Gasteiger partial charge is 0.454 e. The summed E-state index contributed by atoms with van der Waals surface area (Å²) >= 11 is 1.23. The highest BCUT2D eigenvalue weighted by atomic mass is 32.2. The molecule has 0 fully saturated rings. The molecule has 0 spiro atoms. The molecule has 0 aliphatic heterocycles. The lowest BCUT2D eigenvalue weighted by Crippen LogP contribution is -2.23. The van der Waals surface area contributed by atoms with E-state index in [1.165, 1.54) is 30.0 Å². The van der Waals surface area contributed by atoms with Crippen LogP contribution in [0.25, 0.3) is 0 Å². The fraction of sp³-hybridized carbons (Fsp3) is 0.300. The van der Waals surface area contributed by atoms with Crippen LogP contribution in [-0.2, 0) is 0 Å². The van der Waals surface area contributed by atoms with Crippen LogP contribution in [0.2, 0.25) is 0 Å². The SMILES string of the molecule is CCSc1ccccc1C(=O)C(F)(F)F. The van der Waals surface area contributed by atoms with Gasteiger partial charge in [-0.1, -0.05) is 19.1 Å². The zero-order valence-electron chi connectivity index (χ0n) is 7.97. The standard InChI is InChI=1S/C10H9F3OS/c1-2-15-8-6-4-3-5-7(8)9(14)10(11,12)13/h3-6H,2H2,1H3. The van der Waals surface area contributed by atoms with Crippen LogP contribution >= 0.6 is 11.8 Å². The Hall–Kier alpha value is -0.970. The Balaban J connectivity index is 3.08. The van der Waals surface area contributed by atoms with Crippen LogP contribution < -0.4 is 0 Å². The topological polar surface area (TPSA) is 17.1 Å². The second kappa shape index (κ2) is 4.70. The zero-order valence-corrected chi connectivity index (χ0v) is 8.78. The van der Waals surface area contributed by atoms with Gasteiger partial charge in [-0.15, -0.1) is 11.8 Å². The van der Waals surface area contributed by atoms with Gasteiger partial charge in [0.05, 0.1) is 0 Å². The summed E-state index contributed by atoms with van der Waals surface area (Å²) in [6, 6.07) is 5.77. The minimum Gasteiger partial charge on any atom is -0.284 e. The highest BCUT2D eigenvalue weighted by Gasteiger charge is 2.40. The van der Waals surface area contributed by atoms with Gasteiger partial charge in [-0.2, -0.15) is 13.2 Å². The van der Waals surface area contributed by atoms with Crippen molar-refractivity contribution in [2.75, 3.05) is 5.75 Å². The molecule has 1 nitrogen and oxygen atoms in total. The minimum absolute atomic E-state index is 0.267. The summed E-state index contributed by atoms with van der Waals surface area (Å²) in [7, 11) is 0. The third-order valence-electron chi connectivity index (χ3n) is 1.69. The third kappa shape index (κ3) is 2.99. The van der Waals surface area contributed by atoms with Crippen molar-refractivity contribution in [1.29, 1.82) is 0 Å². The van der Waals surface area contributed by atoms with Crippen LogP contribution in [0.1, 0.15) is 17.3 Å². The maximum absolute atomic E-state index is 12.2. The van der Waals surface area contributed by atoms with E-state index in [0.717, 1.165) is 0 Å². The van der Waals surface area contributed by atoms with Gasteiger partial charge in [0.1, 0.15) is 0 Å². The number of carbonyl (C=O) groups excluding carboxylic acids is 1. The first-order valence-corrected chi connectivity index (χ1v) is 5.28. The van der Waals surface area contributed by atoms with Gasteiger partial charge in [0.25, 0.3) is 5.78 Å². The molecule has 0 aliphatic rings. The van der Waals surface area contributed by atoms with Gasteiger partial charge in [0.2, 0.25) is 0 Å². The summed E-state index contributed by atoms with van der Waals surface area (Å²) in [5.41, 5.74) is -0.267. The van der Waals surface area contributed by atoms with E-state index in [4.69, 9.17) is 0 Å². The van der Waals surface area contributed by atoms with Crippen molar-refractivity contribution in [3.8, 4) is 0 Å². The van der Waals surface area contributed by atoms with E-state index in [0.29, 0.717) is 10.6 Å². The maximum atomic E-state index is 12.2. The monoisotopic (exact) mass is 234 g/mol. The molecule has 0 radical (unpaired) electrons. The summed E-state index contributed by atoms with van der Waals surface area (Å²) in [6.45, 7) is 1.82. The Morgan fingerprint density at radius 1 is 1.33 bits per heavy atom. The molecule has 5 heteroatoms. The lowest BCUT2D eigenvalue weighted by molar-refractivity contribution is -0.0887. The first-order valence-electron chi connectivity index (χ1n) is 4.30. The van der Waals surface area contributed by atoms with E-state index in [1.54, 1.807) is 6.07 Å². The summed E-state index contributed by atoms with van der Waals surface area (Å²) in [6.07, 6.45) is -4.80. The lowest BCUT2D eigenvalue weighted by atomic mass is 10.1. The number of hydrogen-bond acceptors (Lipinski definition) is 2. The number of thioether (sulfide) groups is 1. The highest BCUT2D eigenvalue weighted by Crippen LogP contribution is 2.28. The van der Waals surface area contributed by atoms with Crippen molar-refractivity contribution in [2.45, 2.75) is 18.0 Å². The zero-order chi connectivity index (χ0) is 11.5. The highest BCUT2D eigenvalue weighted by molar-refractivity contribution is 7.99. The van der Waals surface area contributed by atoms with Crippen LogP contribution in [0.4, 0.5) is 13.2 Å². The Labute approximate surface area is 89.7 Å². The van der Waals surface area contributed by atoms with Crippen molar-refractivity contribution in [3.05, 3.63) is 29.8 Å². The number of hydrogen-bond donors (Lipinski definition) is 0. The number of halogens is 3. The molecule has 82 valence electrons. The summed E-state index contributed by atoms with van der Waals surface area (Å²) < 4.78 is 36.6. The molecular weight excluding hydrogens is 225 g/mol. The second-order valence-electron chi connectivity index (χ2n) is 2.76. The van der Waals surface area contributed by atoms with Gasteiger partial charge in [-0.05, 0) is 17.9 Å². The van der Waals surface area contributed by atoms with E-state index in [1.807, 2.05) is 6.92 Å². The molecular formula is C10H9F3OS. The Morgan fingerprint density at radius 2 is 1.93 bits per heavy atom. The summed E-state index contributed by atoms with van der Waals surface area (Å²) in [4.78, 5) is 11.4. The first-order chi connectivity index (χ1) is 6.96. The van der Waals surface area contributed by atoms with E-state index >= 15 is 0 Å². The average molecular weight is 234 g/mol. The predicted octanol–water partition coefficient (Wildman–Crippen LogP) is 3.54. The molecule has 0 saturated carbocycles. The molecule has 0 unspecified atom stereocenters. The number of alkyl halides is 3. The van der Waals surface area contributed by atoms with E-state index in [2.05, 4.69) is 0 Å². The van der Waals surface area contributed by atoms with Gasteiger partial charge in [-0.3, -0.25) is 4.79 Å². The van der Waals surface area contributed by atoms with Crippen LogP contribution in [0.5, 0.6) is 0 Å². The molecule has 0 N–H and O–H groups in total. The lowest BCUT2D eigenvalue weighted by Gasteiger charge is -2.09. The number of carbonyl (C=O) groups is 1. The molecule has 0 bridgehead atoms. The van der Waals surface area contributed by atoms with Crippen molar-refractivity contribution < 1.29 is 18.0 Å². The van der Waals surface area contributed by atoms with Crippen LogP contribution in [-0.4, -0.2) is 17.7 Å². The normalized spacial score (nSPS) is 11.5. The fourth-order valence-corrected chi connectivity index (χ4v) is 1.89. The molecule has 0 heterocycles. The quantitative estimate of drug-likeness (QED) is 0.587. The number of rotatable bonds is 3. The Kier molecular flexibility index (Phi) is 3.79. The first kappa shape index (κ1) is 12.1. The van der Waals surface area contributed by atoms with Gasteiger partial charge in [0, 0.05) is 10.5 Å². The molecule has 0 amide bonds. The molecule has 1 rings (SSSR count). The van der Waals surface area contributed by atoms with Crippen molar-refractivity contribution in [3.63, 3.8) is 0 Å². The van der Waals surface area contributed by atoms with Crippen LogP contribution in [0.15, 0.2) is 29.2 Å². The molecule has 1 aromatic rings. The smallest absolute Gasteiger partial charge is 0.284 e. The minimum atomic E-state index is -4.80. The summed E-state index contributed by atoms with van der Waals surface area (Å²) in [5.74, 6) is -1.15. The van der Waals surface area contributed by atoms with Gasteiger partial charge >= 0.3 is 6.18 Å². The van der Waals surface area contributed by atoms with Crippen LogP contribution in [0.3, 0.4) is 0 Å². The van der Waals surface area contributed by atoms with E-state index < -0.39 is 12.0 Å². The maximum Gasteiger partial charge on any atom is 0.454 e. The predicted molar refractivity (Wildman–Crippen MR) is 53.2 cm³/mol. The Morgan fingerprint density at radius 3 is 2.47 bits per heavy atom. The van der Waals surface area contributed by atoms with E-state index in [-0.39, 0.29) is 5.56 Å².